The third-order valence-electron chi connectivity index (χ3n) is 5.61. The molecule has 0 atom stereocenters. The summed E-state index contributed by atoms with van der Waals surface area (Å²) in [4.78, 5) is 32.8. The molecule has 1 aliphatic rings. The predicted octanol–water partition coefficient (Wildman–Crippen LogP) is 3.69. The van der Waals surface area contributed by atoms with Gasteiger partial charge in [0.05, 0.1) is 12.8 Å². The van der Waals surface area contributed by atoms with Crippen molar-refractivity contribution >= 4 is 17.6 Å². The number of anilines is 1. The average Bonchev–Trinajstić information content (AvgIpc) is 3.55. The molecule has 172 valence electrons. The third kappa shape index (κ3) is 5.31. The number of carbonyl (C=O) groups is 2. The fourth-order valence-corrected chi connectivity index (χ4v) is 3.66. The van der Waals surface area contributed by atoms with E-state index >= 15 is 0 Å². The lowest BCUT2D eigenvalue weighted by Crippen LogP contribution is -2.33. The second-order valence-electron chi connectivity index (χ2n) is 7.89. The van der Waals surface area contributed by atoms with Crippen molar-refractivity contribution in [3.8, 4) is 17.2 Å². The van der Waals surface area contributed by atoms with Crippen molar-refractivity contribution in [2.75, 3.05) is 39.1 Å². The fraction of sp³-hybridized carbons (Fsp3) is 0.333. The van der Waals surface area contributed by atoms with Gasteiger partial charge in [-0.1, -0.05) is 17.3 Å². The fourth-order valence-electron chi connectivity index (χ4n) is 3.66. The molecule has 1 saturated heterocycles. The molecule has 1 aliphatic heterocycles. The largest absolute Gasteiger partial charge is 0.495 e. The Morgan fingerprint density at radius 1 is 1.12 bits per heavy atom. The molecule has 1 N–H and O–H groups in total. The minimum absolute atomic E-state index is 0.0553. The van der Waals surface area contributed by atoms with Crippen molar-refractivity contribution in [1.82, 2.24) is 19.9 Å². The van der Waals surface area contributed by atoms with Crippen LogP contribution in [0.25, 0.3) is 11.5 Å². The summed E-state index contributed by atoms with van der Waals surface area (Å²) in [6.45, 7) is 2.04. The van der Waals surface area contributed by atoms with Gasteiger partial charge in [-0.3, -0.25) is 4.79 Å². The zero-order valence-electron chi connectivity index (χ0n) is 18.8. The number of benzene rings is 2. The standard InChI is InChI=1S/C24H27N5O4/c1-28(24(31)25-19-7-3-4-8-20(19)32-2)16-13-21-26-22(33-27-21)17-9-11-18(12-10-17)23(30)29-14-5-6-15-29/h3-4,7-12H,5-6,13-16H2,1-2H3,(H,25,31). The Kier molecular flexibility index (Phi) is 6.87. The highest BCUT2D eigenvalue weighted by molar-refractivity contribution is 5.94. The summed E-state index contributed by atoms with van der Waals surface area (Å²) in [5, 5.41) is 6.85. The first kappa shape index (κ1) is 22.3. The quantitative estimate of drug-likeness (QED) is 0.590. The maximum Gasteiger partial charge on any atom is 0.321 e. The second-order valence-corrected chi connectivity index (χ2v) is 7.89. The summed E-state index contributed by atoms with van der Waals surface area (Å²) in [7, 11) is 3.25. The number of rotatable bonds is 7. The zero-order chi connectivity index (χ0) is 23.2. The van der Waals surface area contributed by atoms with E-state index in [0.717, 1.165) is 31.5 Å². The third-order valence-corrected chi connectivity index (χ3v) is 5.61. The number of aromatic nitrogens is 2. The van der Waals surface area contributed by atoms with Crippen molar-refractivity contribution < 1.29 is 18.8 Å². The molecule has 0 radical (unpaired) electrons. The van der Waals surface area contributed by atoms with Gasteiger partial charge < -0.3 is 24.4 Å². The van der Waals surface area contributed by atoms with Crippen molar-refractivity contribution in [3.63, 3.8) is 0 Å². The molecule has 0 aliphatic carbocycles. The number of para-hydroxylation sites is 2. The number of methoxy groups -OCH3 is 1. The van der Waals surface area contributed by atoms with Crippen LogP contribution in [-0.2, 0) is 6.42 Å². The van der Waals surface area contributed by atoms with Crippen molar-refractivity contribution in [1.29, 1.82) is 0 Å². The van der Waals surface area contributed by atoms with E-state index < -0.39 is 0 Å². The number of carbonyl (C=O) groups excluding carboxylic acids is 2. The van der Waals surface area contributed by atoms with Gasteiger partial charge in [0.25, 0.3) is 11.8 Å². The number of hydrogen-bond donors (Lipinski definition) is 1. The molecule has 4 rings (SSSR count). The Morgan fingerprint density at radius 3 is 2.58 bits per heavy atom. The highest BCUT2D eigenvalue weighted by atomic mass is 16.5. The molecule has 0 bridgehead atoms. The highest BCUT2D eigenvalue weighted by Crippen LogP contribution is 2.23. The maximum atomic E-state index is 12.5. The monoisotopic (exact) mass is 449 g/mol. The number of likely N-dealkylation sites (N-methyl/N-ethyl adjacent to an activating group) is 1. The van der Waals surface area contributed by atoms with E-state index in [9.17, 15) is 9.59 Å². The molecule has 0 spiro atoms. The summed E-state index contributed by atoms with van der Waals surface area (Å²) >= 11 is 0. The molecular weight excluding hydrogens is 422 g/mol. The molecule has 33 heavy (non-hydrogen) atoms. The maximum absolute atomic E-state index is 12.5. The van der Waals surface area contributed by atoms with Gasteiger partial charge in [0.15, 0.2) is 5.82 Å². The van der Waals surface area contributed by atoms with E-state index in [2.05, 4.69) is 15.5 Å². The summed E-state index contributed by atoms with van der Waals surface area (Å²) in [5.74, 6) is 1.53. The molecule has 9 nitrogen and oxygen atoms in total. The molecule has 1 fully saturated rings. The number of nitrogens with zero attached hydrogens (tertiary/aromatic N) is 4. The number of ether oxygens (including phenoxy) is 1. The lowest BCUT2D eigenvalue weighted by Gasteiger charge is -2.18. The average molecular weight is 450 g/mol. The van der Waals surface area contributed by atoms with Crippen LogP contribution in [0.1, 0.15) is 29.0 Å². The van der Waals surface area contributed by atoms with Gasteiger partial charge in [0.1, 0.15) is 5.75 Å². The normalized spacial score (nSPS) is 13.1. The predicted molar refractivity (Wildman–Crippen MR) is 123 cm³/mol. The molecular formula is C24H27N5O4. The van der Waals surface area contributed by atoms with Crippen LogP contribution in [-0.4, -0.2) is 65.7 Å². The summed E-state index contributed by atoms with van der Waals surface area (Å²) < 4.78 is 10.6. The zero-order valence-corrected chi connectivity index (χ0v) is 18.8. The number of likely N-dealkylation sites (tertiary alicyclic amines) is 1. The van der Waals surface area contributed by atoms with Gasteiger partial charge in [-0.05, 0) is 49.2 Å². The van der Waals surface area contributed by atoms with E-state index in [0.29, 0.717) is 41.7 Å². The van der Waals surface area contributed by atoms with Crippen molar-refractivity contribution in [3.05, 3.63) is 59.9 Å². The number of nitrogens with one attached hydrogen (secondary N) is 1. The number of amides is 3. The Labute approximate surface area is 192 Å². The van der Waals surface area contributed by atoms with E-state index in [1.807, 2.05) is 29.2 Å². The Morgan fingerprint density at radius 2 is 1.85 bits per heavy atom. The molecule has 2 heterocycles. The van der Waals surface area contributed by atoms with E-state index in [1.54, 1.807) is 43.3 Å². The van der Waals surface area contributed by atoms with Gasteiger partial charge in [0, 0.05) is 44.2 Å². The Balaban J connectivity index is 1.32. The van der Waals surface area contributed by atoms with Crippen LogP contribution < -0.4 is 10.1 Å². The van der Waals surface area contributed by atoms with Gasteiger partial charge in [-0.2, -0.15) is 4.98 Å². The molecule has 2 aromatic carbocycles. The van der Waals surface area contributed by atoms with Crippen LogP contribution in [0.3, 0.4) is 0 Å². The van der Waals surface area contributed by atoms with Gasteiger partial charge in [-0.25, -0.2) is 4.79 Å². The minimum Gasteiger partial charge on any atom is -0.495 e. The smallest absolute Gasteiger partial charge is 0.321 e. The number of hydrogen-bond acceptors (Lipinski definition) is 6. The van der Waals surface area contributed by atoms with Gasteiger partial charge >= 0.3 is 6.03 Å². The summed E-state index contributed by atoms with van der Waals surface area (Å²) in [6, 6.07) is 14.2. The van der Waals surface area contributed by atoms with Crippen LogP contribution in [0.4, 0.5) is 10.5 Å². The second kappa shape index (κ2) is 10.2. The van der Waals surface area contributed by atoms with E-state index in [1.165, 1.54) is 0 Å². The van der Waals surface area contributed by atoms with Crippen molar-refractivity contribution in [2.45, 2.75) is 19.3 Å². The summed E-state index contributed by atoms with van der Waals surface area (Å²) in [6.07, 6.45) is 2.56. The molecule has 3 amide bonds. The molecule has 9 heteroatoms. The van der Waals surface area contributed by atoms with Crippen LogP contribution in [0.15, 0.2) is 53.1 Å². The minimum atomic E-state index is -0.263. The Bertz CT molecular complexity index is 1110. The Hall–Kier alpha value is -3.88. The topological polar surface area (TPSA) is 101 Å². The summed E-state index contributed by atoms with van der Waals surface area (Å²) in [5.41, 5.74) is 2.00. The first-order valence-corrected chi connectivity index (χ1v) is 10.9. The molecule has 3 aromatic rings. The SMILES string of the molecule is COc1ccccc1NC(=O)N(C)CCc1noc(-c2ccc(C(=O)N3CCCC3)cc2)n1. The van der Waals surface area contributed by atoms with Gasteiger partial charge in [-0.15, -0.1) is 0 Å². The highest BCUT2D eigenvalue weighted by Gasteiger charge is 2.20. The van der Waals surface area contributed by atoms with E-state index in [-0.39, 0.29) is 11.9 Å². The van der Waals surface area contributed by atoms with Crippen LogP contribution in [0.2, 0.25) is 0 Å². The molecule has 0 unspecified atom stereocenters. The van der Waals surface area contributed by atoms with Crippen LogP contribution >= 0.6 is 0 Å². The lowest BCUT2D eigenvalue weighted by molar-refractivity contribution is 0.0793. The van der Waals surface area contributed by atoms with Gasteiger partial charge in [0.2, 0.25) is 0 Å². The first-order valence-electron chi connectivity index (χ1n) is 10.9. The van der Waals surface area contributed by atoms with Crippen LogP contribution in [0, 0.1) is 0 Å². The molecule has 0 saturated carbocycles. The van der Waals surface area contributed by atoms with E-state index in [4.69, 9.17) is 9.26 Å². The number of urea groups is 1. The first-order chi connectivity index (χ1) is 16.0. The molecule has 1 aromatic heterocycles. The lowest BCUT2D eigenvalue weighted by atomic mass is 10.1. The van der Waals surface area contributed by atoms with Crippen LogP contribution in [0.5, 0.6) is 5.75 Å². The van der Waals surface area contributed by atoms with Crippen molar-refractivity contribution in [2.24, 2.45) is 0 Å².